The second-order valence-corrected chi connectivity index (χ2v) is 17.6. The van der Waals surface area contributed by atoms with Crippen molar-refractivity contribution in [2.75, 3.05) is 64.8 Å². The minimum Gasteiger partial charge on any atom is -0.788 e. The van der Waals surface area contributed by atoms with Gasteiger partial charge in [-0.1, -0.05) is 92.9 Å². The van der Waals surface area contributed by atoms with Crippen LogP contribution in [-0.4, -0.2) is 129 Å². The van der Waals surface area contributed by atoms with Crippen molar-refractivity contribution in [1.29, 1.82) is 0 Å². The van der Waals surface area contributed by atoms with Gasteiger partial charge in [-0.15, -0.1) is 0 Å². The monoisotopic (exact) mass is 1010 g/mol. The molecule has 2 heterocycles. The Morgan fingerprint density at radius 3 is 1.79 bits per heavy atom. The van der Waals surface area contributed by atoms with Crippen LogP contribution in [0.1, 0.15) is 110 Å². The van der Waals surface area contributed by atoms with E-state index in [1.165, 1.54) is 18.1 Å². The number of halogens is 3. The van der Waals surface area contributed by atoms with E-state index in [-0.39, 0.29) is 60.0 Å². The maximum atomic E-state index is 12.3. The van der Waals surface area contributed by atoms with Gasteiger partial charge in [0.25, 0.3) is 0 Å². The molecule has 2 aromatic rings. The number of nitrogens with zero attached hydrogens (tertiary/aromatic N) is 4. The number of carbonyl (C=O) groups is 4. The molecule has 0 saturated carbocycles. The zero-order chi connectivity index (χ0) is 49.6. The van der Waals surface area contributed by atoms with E-state index in [1.807, 2.05) is 74.2 Å². The molecule has 0 fully saturated rings. The SMILES string of the molecule is CC(=O)CCCCCOS(=O)(=O)C(F)(F)F.CC1=NCCO1.CCC(=O)N(CCSCc1ccccc1)CCN(CCCCCC(=O)O)C(C)=O.CCC1=NCCO1.[Na+].[S-]Cc1ccccc1. The van der Waals surface area contributed by atoms with E-state index in [1.54, 1.807) is 23.6 Å². The van der Waals surface area contributed by atoms with Crippen LogP contribution in [0.3, 0.4) is 0 Å². The first-order chi connectivity index (χ1) is 31.4. The molecule has 0 spiro atoms. The topological polar surface area (TPSA) is 182 Å². The molecule has 2 amide bonds. The van der Waals surface area contributed by atoms with Crippen LogP contribution >= 0.6 is 11.8 Å². The number of aliphatic carboxylic acids is 1. The zero-order valence-corrected chi connectivity index (χ0v) is 44.5. The van der Waals surface area contributed by atoms with Crippen LogP contribution in [0.25, 0.3) is 0 Å². The minimum absolute atomic E-state index is 0. The fourth-order valence-electron chi connectivity index (χ4n) is 5.45. The Kier molecular flexibility index (Phi) is 40.1. The van der Waals surface area contributed by atoms with Crippen molar-refractivity contribution in [2.45, 2.75) is 116 Å². The summed E-state index contributed by atoms with van der Waals surface area (Å²) in [6, 6.07) is 20.3. The maximum absolute atomic E-state index is 12.3. The van der Waals surface area contributed by atoms with Gasteiger partial charge in [-0.3, -0.25) is 28.6 Å². The number of alkyl halides is 3. The molecule has 2 aliphatic heterocycles. The summed E-state index contributed by atoms with van der Waals surface area (Å²) in [6.07, 6.45) is 5.23. The number of amides is 2. The first-order valence-electron chi connectivity index (χ1n) is 22.1. The molecule has 1 N–H and O–H groups in total. The number of thioether (sulfide) groups is 1. The molecule has 0 atom stereocenters. The summed E-state index contributed by atoms with van der Waals surface area (Å²) in [6.45, 7) is 13.8. The molecule has 0 aromatic heterocycles. The molecule has 4 rings (SSSR count). The number of hydrogen-bond acceptors (Lipinski definition) is 13. The fraction of sp³-hybridized carbons (Fsp3) is 0.609. The number of carboxylic acids is 1. The van der Waals surface area contributed by atoms with Crippen LogP contribution in [-0.2, 0) is 67.1 Å². The van der Waals surface area contributed by atoms with E-state index in [4.69, 9.17) is 27.2 Å². The summed E-state index contributed by atoms with van der Waals surface area (Å²) in [7, 11) is -5.47. The molecule has 0 unspecified atom stereocenters. The third-order valence-corrected chi connectivity index (χ3v) is 11.5. The second-order valence-electron chi connectivity index (χ2n) is 14.6. The van der Waals surface area contributed by atoms with Gasteiger partial charge in [0.1, 0.15) is 19.0 Å². The van der Waals surface area contributed by atoms with E-state index in [9.17, 15) is 40.8 Å². The van der Waals surface area contributed by atoms with Gasteiger partial charge in [-0.2, -0.15) is 39.1 Å². The third kappa shape index (κ3) is 36.5. The van der Waals surface area contributed by atoms with E-state index in [2.05, 4.69) is 26.3 Å². The number of ketones is 1. The molecule has 2 aromatic carbocycles. The van der Waals surface area contributed by atoms with E-state index in [0.29, 0.717) is 58.3 Å². The number of unbranched alkanes of at least 4 members (excludes halogenated alkanes) is 4. The molecule has 21 heteroatoms. The third-order valence-electron chi connectivity index (χ3n) is 9.07. The van der Waals surface area contributed by atoms with Gasteiger partial charge in [0.05, 0.1) is 19.7 Å². The quantitative estimate of drug-likeness (QED) is 0.0450. The van der Waals surface area contributed by atoms with Crippen LogP contribution in [0.5, 0.6) is 0 Å². The summed E-state index contributed by atoms with van der Waals surface area (Å²) in [4.78, 5) is 56.8. The van der Waals surface area contributed by atoms with Crippen molar-refractivity contribution in [1.82, 2.24) is 9.80 Å². The van der Waals surface area contributed by atoms with Crippen LogP contribution < -0.4 is 29.6 Å². The summed E-state index contributed by atoms with van der Waals surface area (Å²) < 4.78 is 69.8. The Bertz CT molecular complexity index is 1820. The minimum atomic E-state index is -5.47. The number of benzene rings is 2. The van der Waals surface area contributed by atoms with Gasteiger partial charge in [0.2, 0.25) is 11.8 Å². The largest absolute Gasteiger partial charge is 1.00 e. The van der Waals surface area contributed by atoms with Crippen LogP contribution in [0.15, 0.2) is 70.6 Å². The van der Waals surface area contributed by atoms with Gasteiger partial charge in [-0.25, -0.2) is 0 Å². The Morgan fingerprint density at radius 2 is 1.36 bits per heavy atom. The number of ether oxygens (including phenoxy) is 2. The molecule has 0 aliphatic carbocycles. The Morgan fingerprint density at radius 1 is 0.791 bits per heavy atom. The Labute approximate surface area is 428 Å². The summed E-state index contributed by atoms with van der Waals surface area (Å²) >= 11 is 6.62. The Balaban J connectivity index is 0. The molecule has 2 aliphatic rings. The first-order valence-corrected chi connectivity index (χ1v) is 25.2. The summed E-state index contributed by atoms with van der Waals surface area (Å²) in [5.74, 6) is 3.55. The van der Waals surface area contributed by atoms with Crippen molar-refractivity contribution < 1.29 is 89.1 Å². The smallest absolute Gasteiger partial charge is 0.788 e. The molecule has 0 bridgehead atoms. The summed E-state index contributed by atoms with van der Waals surface area (Å²) in [5, 5.41) is 8.68. The van der Waals surface area contributed by atoms with Crippen LogP contribution in [0, 0.1) is 0 Å². The van der Waals surface area contributed by atoms with E-state index in [0.717, 1.165) is 74.6 Å². The first kappa shape index (κ1) is 65.9. The van der Waals surface area contributed by atoms with Gasteiger partial charge in [-0.05, 0) is 38.2 Å². The van der Waals surface area contributed by atoms with Gasteiger partial charge in [0, 0.05) is 77.2 Å². The molecule has 374 valence electrons. The van der Waals surface area contributed by atoms with Gasteiger partial charge in [0.15, 0.2) is 11.8 Å². The van der Waals surface area contributed by atoms with Gasteiger partial charge < -0.3 is 41.8 Å². The molecule has 0 radical (unpaired) electrons. The number of aliphatic imine (C=N–C) groups is 2. The van der Waals surface area contributed by atoms with Crippen molar-refractivity contribution in [3.05, 3.63) is 71.8 Å². The summed E-state index contributed by atoms with van der Waals surface area (Å²) in [5.41, 5.74) is -2.87. The standard InChI is InChI=1S/C22H34N2O4S.C8H13F3O4S.C7H8S.C5H9NO.C4H7NO.Na/c1-3-21(26)24(16-17-29-18-20-10-6-4-7-11-20)15-14-23(19(2)25)13-9-5-8-12-22(27)28;1-7(12)5-3-2-4-6-15-16(13,14)8(9,10)11;8-6-7-4-2-1-3-5-7;1-2-5-6-3-4-7-5;1-4-5-2-3-6-4;/h4,6-7,10-11H,3,5,8-9,12-18H2,1-2H3,(H,27,28);2-6H2,1H3;1-5,8H,6H2;2-4H2,1H3;2-3H2,1H3;/q;;;;;+1/p-1. The Hall–Kier alpha value is -3.14. The van der Waals surface area contributed by atoms with Crippen LogP contribution in [0.4, 0.5) is 13.2 Å². The fourth-order valence-corrected chi connectivity index (χ4v) is 7.03. The normalized spacial score (nSPS) is 12.4. The average Bonchev–Trinajstić information content (AvgIpc) is 4.01. The number of carbonyl (C=O) groups excluding carboxylic acids is 3. The predicted molar refractivity (Wildman–Crippen MR) is 258 cm³/mol. The molecule has 0 saturated heterocycles. The van der Waals surface area contributed by atoms with Gasteiger partial charge >= 0.3 is 51.2 Å². The number of carboxylic acid groups (broad SMARTS) is 1. The van der Waals surface area contributed by atoms with Crippen molar-refractivity contribution in [2.24, 2.45) is 9.98 Å². The van der Waals surface area contributed by atoms with E-state index >= 15 is 0 Å². The van der Waals surface area contributed by atoms with Crippen molar-refractivity contribution in [3.63, 3.8) is 0 Å². The molecular formula is C46H70F3N4NaO10S3. The van der Waals surface area contributed by atoms with Crippen molar-refractivity contribution in [3.8, 4) is 0 Å². The van der Waals surface area contributed by atoms with Crippen molar-refractivity contribution >= 4 is 69.9 Å². The molecular weight excluding hydrogens is 945 g/mol. The van der Waals surface area contributed by atoms with E-state index < -0.39 is 28.2 Å². The number of Topliss-reactive ketones (excluding diaryl/α,β-unsaturated/α-hetero) is 1. The molecule has 67 heavy (non-hydrogen) atoms. The number of rotatable bonds is 24. The maximum Gasteiger partial charge on any atom is 1.00 e. The second kappa shape index (κ2) is 40.7. The average molecular weight is 1020 g/mol. The zero-order valence-electron chi connectivity index (χ0n) is 40.1. The van der Waals surface area contributed by atoms with Crippen LogP contribution in [0.2, 0.25) is 0 Å². The number of hydrogen-bond donors (Lipinski definition) is 1. The molecule has 14 nitrogen and oxygen atoms in total. The predicted octanol–water partition coefficient (Wildman–Crippen LogP) is 5.65.